The molecule has 3 aromatic rings. The van der Waals surface area contributed by atoms with Crippen LogP contribution in [0.1, 0.15) is 35.7 Å². The molecule has 0 radical (unpaired) electrons. The highest BCUT2D eigenvalue weighted by Gasteiger charge is 2.19. The van der Waals surface area contributed by atoms with Crippen LogP contribution in [0, 0.1) is 0 Å². The standard InChI is InChI=1S/C20H20N2O2/c1-2-3-7-14-8-4-5-9-15(14)19-16(18-12-13-21-22-18)10-6-11-17(19)20(23)24/h4-6,8-13H,2-3,7H2,1H3,(H,21,22)(H,23,24). The van der Waals surface area contributed by atoms with Crippen LogP contribution in [0.2, 0.25) is 0 Å². The van der Waals surface area contributed by atoms with Gasteiger partial charge in [0, 0.05) is 17.3 Å². The molecule has 4 nitrogen and oxygen atoms in total. The summed E-state index contributed by atoms with van der Waals surface area (Å²) in [5.41, 5.74) is 4.89. The summed E-state index contributed by atoms with van der Waals surface area (Å²) in [6, 6.07) is 15.3. The Morgan fingerprint density at radius 3 is 2.58 bits per heavy atom. The highest BCUT2D eigenvalue weighted by Crippen LogP contribution is 2.36. The number of nitrogens with zero attached hydrogens (tertiary/aromatic N) is 1. The van der Waals surface area contributed by atoms with Crippen molar-refractivity contribution in [1.82, 2.24) is 10.2 Å². The van der Waals surface area contributed by atoms with Crippen molar-refractivity contribution in [3.63, 3.8) is 0 Å². The molecule has 0 aliphatic carbocycles. The summed E-state index contributed by atoms with van der Waals surface area (Å²) in [7, 11) is 0. The smallest absolute Gasteiger partial charge is 0.336 e. The second-order valence-electron chi connectivity index (χ2n) is 5.76. The summed E-state index contributed by atoms with van der Waals surface area (Å²) >= 11 is 0. The van der Waals surface area contributed by atoms with E-state index in [0.717, 1.165) is 41.6 Å². The van der Waals surface area contributed by atoms with Gasteiger partial charge in [0.25, 0.3) is 0 Å². The lowest BCUT2D eigenvalue weighted by Gasteiger charge is -2.16. The van der Waals surface area contributed by atoms with Gasteiger partial charge in [0.2, 0.25) is 0 Å². The average Bonchev–Trinajstić information content (AvgIpc) is 3.14. The van der Waals surface area contributed by atoms with Crippen LogP contribution in [0.15, 0.2) is 54.7 Å². The Morgan fingerprint density at radius 2 is 1.88 bits per heavy atom. The molecule has 0 amide bonds. The lowest BCUT2D eigenvalue weighted by Crippen LogP contribution is -2.03. The molecular weight excluding hydrogens is 300 g/mol. The fourth-order valence-electron chi connectivity index (χ4n) is 3.00. The van der Waals surface area contributed by atoms with Crippen LogP contribution in [0.3, 0.4) is 0 Å². The normalized spacial score (nSPS) is 10.7. The first-order chi connectivity index (χ1) is 11.7. The second kappa shape index (κ2) is 7.13. The molecule has 1 aromatic heterocycles. The number of benzene rings is 2. The Balaban J connectivity index is 2.25. The van der Waals surface area contributed by atoms with Gasteiger partial charge < -0.3 is 5.11 Å². The minimum absolute atomic E-state index is 0.311. The Kier molecular flexibility index (Phi) is 4.75. The van der Waals surface area contributed by atoms with E-state index in [9.17, 15) is 9.90 Å². The van der Waals surface area contributed by atoms with Gasteiger partial charge in [-0.2, -0.15) is 5.10 Å². The third-order valence-corrected chi connectivity index (χ3v) is 4.17. The largest absolute Gasteiger partial charge is 0.478 e. The number of aromatic nitrogens is 2. The lowest BCUT2D eigenvalue weighted by atomic mass is 9.88. The Bertz CT molecular complexity index is 839. The highest BCUT2D eigenvalue weighted by molar-refractivity contribution is 6.01. The first-order valence-electron chi connectivity index (χ1n) is 8.16. The van der Waals surface area contributed by atoms with Gasteiger partial charge in [0.15, 0.2) is 0 Å². The third-order valence-electron chi connectivity index (χ3n) is 4.17. The minimum Gasteiger partial charge on any atom is -0.478 e. The van der Waals surface area contributed by atoms with Gasteiger partial charge in [0.05, 0.1) is 11.3 Å². The highest BCUT2D eigenvalue weighted by atomic mass is 16.4. The molecule has 24 heavy (non-hydrogen) atoms. The number of carbonyl (C=O) groups is 1. The summed E-state index contributed by atoms with van der Waals surface area (Å²) in [5.74, 6) is -0.920. The molecule has 122 valence electrons. The maximum atomic E-state index is 11.8. The quantitative estimate of drug-likeness (QED) is 0.686. The van der Waals surface area contributed by atoms with Gasteiger partial charge in [0.1, 0.15) is 0 Å². The summed E-state index contributed by atoms with van der Waals surface area (Å²) in [6.45, 7) is 2.16. The number of rotatable bonds is 6. The molecule has 3 rings (SSSR count). The van der Waals surface area contributed by atoms with Crippen LogP contribution >= 0.6 is 0 Å². The maximum Gasteiger partial charge on any atom is 0.336 e. The number of carboxylic acid groups (broad SMARTS) is 1. The van der Waals surface area contributed by atoms with E-state index in [2.05, 4.69) is 23.2 Å². The number of hydrogen-bond acceptors (Lipinski definition) is 2. The van der Waals surface area contributed by atoms with Gasteiger partial charge in [-0.25, -0.2) is 4.79 Å². The van der Waals surface area contributed by atoms with E-state index >= 15 is 0 Å². The van der Waals surface area contributed by atoms with Crippen LogP contribution in [0.25, 0.3) is 22.4 Å². The summed E-state index contributed by atoms with van der Waals surface area (Å²) in [6.07, 6.45) is 4.78. The molecule has 0 bridgehead atoms. The number of aromatic carboxylic acids is 1. The number of nitrogens with one attached hydrogen (secondary N) is 1. The molecule has 0 saturated carbocycles. The van der Waals surface area contributed by atoms with E-state index in [1.54, 1.807) is 18.3 Å². The Morgan fingerprint density at radius 1 is 1.08 bits per heavy atom. The number of unbranched alkanes of at least 4 members (excludes halogenated alkanes) is 1. The second-order valence-corrected chi connectivity index (χ2v) is 5.76. The Labute approximate surface area is 141 Å². The van der Waals surface area contributed by atoms with Crippen molar-refractivity contribution in [3.8, 4) is 22.4 Å². The fourth-order valence-corrected chi connectivity index (χ4v) is 3.00. The van der Waals surface area contributed by atoms with Crippen LogP contribution in [-0.4, -0.2) is 21.3 Å². The van der Waals surface area contributed by atoms with Crippen molar-refractivity contribution in [2.45, 2.75) is 26.2 Å². The Hall–Kier alpha value is -2.88. The number of aryl methyl sites for hydroxylation is 1. The van der Waals surface area contributed by atoms with Crippen molar-refractivity contribution in [2.24, 2.45) is 0 Å². The molecule has 4 heteroatoms. The van der Waals surface area contributed by atoms with Crippen LogP contribution in [0.4, 0.5) is 0 Å². The van der Waals surface area contributed by atoms with E-state index in [4.69, 9.17) is 0 Å². The monoisotopic (exact) mass is 320 g/mol. The minimum atomic E-state index is -0.920. The van der Waals surface area contributed by atoms with Crippen molar-refractivity contribution in [2.75, 3.05) is 0 Å². The molecule has 0 saturated heterocycles. The molecular formula is C20H20N2O2. The van der Waals surface area contributed by atoms with Crippen LogP contribution in [0.5, 0.6) is 0 Å². The zero-order valence-corrected chi connectivity index (χ0v) is 13.6. The van der Waals surface area contributed by atoms with Crippen molar-refractivity contribution < 1.29 is 9.90 Å². The SMILES string of the molecule is CCCCc1ccccc1-c1c(C(=O)O)cccc1-c1ccn[nH]1. The zero-order chi connectivity index (χ0) is 16.9. The molecule has 0 spiro atoms. The van der Waals surface area contributed by atoms with Crippen molar-refractivity contribution in [3.05, 3.63) is 65.9 Å². The van der Waals surface area contributed by atoms with Crippen molar-refractivity contribution >= 4 is 5.97 Å². The maximum absolute atomic E-state index is 11.8. The average molecular weight is 320 g/mol. The third kappa shape index (κ3) is 3.08. The molecule has 0 unspecified atom stereocenters. The van der Waals surface area contributed by atoms with Gasteiger partial charge >= 0.3 is 5.97 Å². The molecule has 0 aliphatic rings. The number of carboxylic acids is 1. The topological polar surface area (TPSA) is 66.0 Å². The predicted octanol–water partition coefficient (Wildman–Crippen LogP) is 4.78. The van der Waals surface area contributed by atoms with E-state index in [-0.39, 0.29) is 0 Å². The molecule has 2 N–H and O–H groups in total. The van der Waals surface area contributed by atoms with Crippen LogP contribution in [-0.2, 0) is 6.42 Å². The fraction of sp³-hybridized carbons (Fsp3) is 0.200. The van der Waals surface area contributed by atoms with E-state index in [1.165, 1.54) is 5.56 Å². The van der Waals surface area contributed by atoms with E-state index in [0.29, 0.717) is 5.56 Å². The van der Waals surface area contributed by atoms with E-state index in [1.807, 2.05) is 30.3 Å². The van der Waals surface area contributed by atoms with E-state index < -0.39 is 5.97 Å². The van der Waals surface area contributed by atoms with Gasteiger partial charge in [-0.3, -0.25) is 5.10 Å². The lowest BCUT2D eigenvalue weighted by molar-refractivity contribution is 0.0698. The predicted molar refractivity (Wildman–Crippen MR) is 95.0 cm³/mol. The van der Waals surface area contributed by atoms with Crippen molar-refractivity contribution in [1.29, 1.82) is 0 Å². The first-order valence-corrected chi connectivity index (χ1v) is 8.16. The molecule has 0 atom stereocenters. The first kappa shape index (κ1) is 16.0. The van der Waals surface area contributed by atoms with Gasteiger partial charge in [-0.1, -0.05) is 49.7 Å². The molecule has 0 aliphatic heterocycles. The summed E-state index contributed by atoms with van der Waals surface area (Å²) < 4.78 is 0. The van der Waals surface area contributed by atoms with Gasteiger partial charge in [-0.05, 0) is 36.1 Å². The molecule has 2 aromatic carbocycles. The number of hydrogen-bond donors (Lipinski definition) is 2. The molecule has 0 fully saturated rings. The summed E-state index contributed by atoms with van der Waals surface area (Å²) in [5, 5.41) is 16.6. The van der Waals surface area contributed by atoms with Crippen LogP contribution < -0.4 is 0 Å². The zero-order valence-electron chi connectivity index (χ0n) is 13.6. The molecule has 1 heterocycles. The summed E-state index contributed by atoms with van der Waals surface area (Å²) in [4.78, 5) is 11.8. The van der Waals surface area contributed by atoms with Gasteiger partial charge in [-0.15, -0.1) is 0 Å². The number of aromatic amines is 1. The number of H-pyrrole nitrogens is 1.